The molecule has 1 aromatic carbocycles. The minimum Gasteiger partial charge on any atom is -0.444 e. The number of carbonyl (C=O) groups is 1. The van der Waals surface area contributed by atoms with Gasteiger partial charge in [0.2, 0.25) is 0 Å². The molecule has 1 aromatic heterocycles. The monoisotopic (exact) mass is 339 g/mol. The van der Waals surface area contributed by atoms with Crippen molar-refractivity contribution >= 4 is 11.7 Å². The molecule has 0 aliphatic carbocycles. The molecular formula is C20H25N3O2. The van der Waals surface area contributed by atoms with E-state index in [4.69, 9.17) is 4.74 Å². The van der Waals surface area contributed by atoms with Crippen LogP contribution in [0.25, 0.3) is 11.3 Å². The Morgan fingerprint density at radius 2 is 1.92 bits per heavy atom. The van der Waals surface area contributed by atoms with Gasteiger partial charge in [-0.15, -0.1) is 0 Å². The number of rotatable bonds is 2. The molecule has 2 aromatic rings. The maximum Gasteiger partial charge on any atom is 0.410 e. The lowest BCUT2D eigenvalue weighted by Gasteiger charge is -2.29. The van der Waals surface area contributed by atoms with Gasteiger partial charge in [-0.2, -0.15) is 5.10 Å². The van der Waals surface area contributed by atoms with Gasteiger partial charge in [-0.1, -0.05) is 23.8 Å². The highest BCUT2D eigenvalue weighted by molar-refractivity contribution is 5.72. The number of aryl methyl sites for hydroxylation is 1. The molecule has 1 aliphatic rings. The van der Waals surface area contributed by atoms with Crippen molar-refractivity contribution in [1.82, 2.24) is 14.7 Å². The highest BCUT2D eigenvalue weighted by Gasteiger charge is 2.24. The second kappa shape index (κ2) is 6.75. The van der Waals surface area contributed by atoms with Crippen LogP contribution in [0.3, 0.4) is 0 Å². The summed E-state index contributed by atoms with van der Waals surface area (Å²) in [5.74, 6) is 0. The summed E-state index contributed by atoms with van der Waals surface area (Å²) in [6.07, 6.45) is 6.56. The van der Waals surface area contributed by atoms with Crippen molar-refractivity contribution < 1.29 is 9.53 Å². The molecule has 0 spiro atoms. The Hall–Kier alpha value is -2.56. The Morgan fingerprint density at radius 3 is 2.52 bits per heavy atom. The lowest BCUT2D eigenvalue weighted by atomic mass is 10.0. The maximum absolute atomic E-state index is 12.1. The zero-order chi connectivity index (χ0) is 18.0. The number of carbonyl (C=O) groups excluding carboxylic acids is 1. The first-order chi connectivity index (χ1) is 11.8. The predicted molar refractivity (Wildman–Crippen MR) is 98.7 cm³/mol. The van der Waals surface area contributed by atoms with Gasteiger partial charge in [-0.05, 0) is 51.8 Å². The van der Waals surface area contributed by atoms with E-state index in [9.17, 15) is 4.79 Å². The zero-order valence-electron chi connectivity index (χ0n) is 15.3. The molecule has 0 saturated carbocycles. The number of nitrogens with zero attached hydrogens (tertiary/aromatic N) is 3. The smallest absolute Gasteiger partial charge is 0.410 e. The fourth-order valence-corrected chi connectivity index (χ4v) is 2.75. The van der Waals surface area contributed by atoms with Crippen LogP contribution in [0.15, 0.2) is 42.7 Å². The Labute approximate surface area is 148 Å². The highest BCUT2D eigenvalue weighted by Crippen LogP contribution is 2.24. The third kappa shape index (κ3) is 4.29. The van der Waals surface area contributed by atoms with Crippen LogP contribution in [0.1, 0.15) is 38.3 Å². The standard InChI is InChI=1S/C20H25N3O2/c1-15-5-7-18(8-6-15)23-14-17(13-21-23)16-9-11-22(12-10-16)19(24)25-20(2,3)4/h5-9,13-14H,10-12H2,1-4H3. The van der Waals surface area contributed by atoms with Gasteiger partial charge >= 0.3 is 6.09 Å². The predicted octanol–water partition coefficient (Wildman–Crippen LogP) is 4.20. The van der Waals surface area contributed by atoms with E-state index in [1.54, 1.807) is 4.90 Å². The van der Waals surface area contributed by atoms with Gasteiger partial charge in [-0.3, -0.25) is 0 Å². The Kier molecular flexibility index (Phi) is 4.66. The van der Waals surface area contributed by atoms with Gasteiger partial charge in [0.1, 0.15) is 5.60 Å². The molecule has 0 N–H and O–H groups in total. The number of hydrogen-bond acceptors (Lipinski definition) is 3. The summed E-state index contributed by atoms with van der Waals surface area (Å²) in [4.78, 5) is 13.9. The van der Waals surface area contributed by atoms with Crippen LogP contribution in [0.5, 0.6) is 0 Å². The van der Waals surface area contributed by atoms with E-state index >= 15 is 0 Å². The second-order valence-electron chi connectivity index (χ2n) is 7.41. The molecule has 132 valence electrons. The molecule has 1 aliphatic heterocycles. The van der Waals surface area contributed by atoms with Gasteiger partial charge in [0.05, 0.1) is 11.9 Å². The summed E-state index contributed by atoms with van der Waals surface area (Å²) >= 11 is 0. The molecule has 5 heteroatoms. The minimum absolute atomic E-state index is 0.252. The number of hydrogen-bond donors (Lipinski definition) is 0. The van der Waals surface area contributed by atoms with E-state index in [1.165, 1.54) is 11.1 Å². The lowest BCUT2D eigenvalue weighted by Crippen LogP contribution is -2.39. The van der Waals surface area contributed by atoms with E-state index in [0.29, 0.717) is 13.1 Å². The first-order valence-electron chi connectivity index (χ1n) is 8.61. The average Bonchev–Trinajstić information content (AvgIpc) is 3.04. The average molecular weight is 339 g/mol. The van der Waals surface area contributed by atoms with Crippen LogP contribution < -0.4 is 0 Å². The Balaban J connectivity index is 1.68. The molecule has 25 heavy (non-hydrogen) atoms. The molecule has 5 nitrogen and oxygen atoms in total. The first kappa shape index (κ1) is 17.3. The molecule has 0 atom stereocenters. The molecule has 0 fully saturated rings. The van der Waals surface area contributed by atoms with Crippen molar-refractivity contribution in [2.75, 3.05) is 13.1 Å². The first-order valence-corrected chi connectivity index (χ1v) is 8.61. The summed E-state index contributed by atoms with van der Waals surface area (Å²) < 4.78 is 7.32. The molecule has 0 saturated heterocycles. The van der Waals surface area contributed by atoms with Crippen LogP contribution in [-0.4, -0.2) is 39.5 Å². The second-order valence-corrected chi connectivity index (χ2v) is 7.41. The molecule has 0 bridgehead atoms. The summed E-state index contributed by atoms with van der Waals surface area (Å²) in [5, 5.41) is 4.46. The largest absolute Gasteiger partial charge is 0.444 e. The molecule has 2 heterocycles. The van der Waals surface area contributed by atoms with Crippen molar-refractivity contribution in [1.29, 1.82) is 0 Å². The van der Waals surface area contributed by atoms with Gasteiger partial charge in [0, 0.05) is 24.8 Å². The number of ether oxygens (including phenoxy) is 1. The highest BCUT2D eigenvalue weighted by atomic mass is 16.6. The fraction of sp³-hybridized carbons (Fsp3) is 0.400. The summed E-state index contributed by atoms with van der Waals surface area (Å²) in [6.45, 7) is 8.96. The quantitative estimate of drug-likeness (QED) is 0.823. The minimum atomic E-state index is -0.462. The van der Waals surface area contributed by atoms with Crippen LogP contribution in [-0.2, 0) is 4.74 Å². The molecule has 1 amide bonds. The van der Waals surface area contributed by atoms with Crippen molar-refractivity contribution in [2.45, 2.75) is 39.7 Å². The van der Waals surface area contributed by atoms with Crippen LogP contribution >= 0.6 is 0 Å². The molecular weight excluding hydrogens is 314 g/mol. The maximum atomic E-state index is 12.1. The normalized spacial score (nSPS) is 15.0. The SMILES string of the molecule is Cc1ccc(-n2cc(C3=CCN(C(=O)OC(C)(C)C)CC3)cn2)cc1. The Bertz CT molecular complexity index is 782. The van der Waals surface area contributed by atoms with Gasteiger partial charge in [0.25, 0.3) is 0 Å². The van der Waals surface area contributed by atoms with Crippen LogP contribution in [0.4, 0.5) is 4.79 Å². The Morgan fingerprint density at radius 1 is 1.20 bits per heavy atom. The van der Waals surface area contributed by atoms with Crippen molar-refractivity contribution in [3.8, 4) is 5.69 Å². The van der Waals surface area contributed by atoms with Crippen molar-refractivity contribution in [3.63, 3.8) is 0 Å². The summed E-state index contributed by atoms with van der Waals surface area (Å²) in [7, 11) is 0. The fourth-order valence-electron chi connectivity index (χ4n) is 2.75. The van der Waals surface area contributed by atoms with E-state index < -0.39 is 5.60 Å². The van der Waals surface area contributed by atoms with Crippen molar-refractivity contribution in [2.24, 2.45) is 0 Å². The third-order valence-electron chi connectivity index (χ3n) is 4.11. The van der Waals surface area contributed by atoms with E-state index in [0.717, 1.165) is 17.7 Å². The van der Waals surface area contributed by atoms with Crippen molar-refractivity contribution in [3.05, 3.63) is 53.9 Å². The number of aromatic nitrogens is 2. The molecule has 3 rings (SSSR count). The summed E-state index contributed by atoms with van der Waals surface area (Å²) in [5.41, 5.74) is 4.13. The third-order valence-corrected chi connectivity index (χ3v) is 4.11. The van der Waals surface area contributed by atoms with Crippen LogP contribution in [0, 0.1) is 6.92 Å². The van der Waals surface area contributed by atoms with E-state index in [2.05, 4.69) is 42.4 Å². The van der Waals surface area contributed by atoms with Gasteiger partial charge < -0.3 is 9.64 Å². The van der Waals surface area contributed by atoms with E-state index in [-0.39, 0.29) is 6.09 Å². The topological polar surface area (TPSA) is 47.4 Å². The molecule has 0 radical (unpaired) electrons. The zero-order valence-corrected chi connectivity index (χ0v) is 15.3. The van der Waals surface area contributed by atoms with Gasteiger partial charge in [0.15, 0.2) is 0 Å². The molecule has 0 unspecified atom stereocenters. The van der Waals surface area contributed by atoms with E-state index in [1.807, 2.05) is 37.8 Å². The lowest BCUT2D eigenvalue weighted by molar-refractivity contribution is 0.0270. The van der Waals surface area contributed by atoms with Crippen LogP contribution in [0.2, 0.25) is 0 Å². The number of amides is 1. The number of benzene rings is 1. The summed E-state index contributed by atoms with van der Waals surface area (Å²) in [6, 6.07) is 8.28. The van der Waals surface area contributed by atoms with Gasteiger partial charge in [-0.25, -0.2) is 9.48 Å².